The standard InChI is InChI=1S/C16H23N.C2H6/c1-16(2,3)17-10-14-8-12-6-4-5-7-13(12)9-15(14)11-17;1-2/h4-7,14-15H,8-11H2,1-3H3;1-2H3. The normalized spacial score (nSPS) is 26.2. The van der Waals surface area contributed by atoms with E-state index in [9.17, 15) is 0 Å². The van der Waals surface area contributed by atoms with Crippen LogP contribution >= 0.6 is 0 Å². The molecule has 0 radical (unpaired) electrons. The third kappa shape index (κ3) is 3.02. The SMILES string of the molecule is CC.CC(C)(C)N1CC2Cc3ccccc3CC2C1. The molecule has 2 atom stereocenters. The molecule has 0 bridgehead atoms. The molecule has 1 saturated heterocycles. The van der Waals surface area contributed by atoms with Crippen molar-refractivity contribution in [1.82, 2.24) is 4.90 Å². The van der Waals surface area contributed by atoms with Gasteiger partial charge in [0.05, 0.1) is 0 Å². The fourth-order valence-electron chi connectivity index (χ4n) is 3.47. The lowest BCUT2D eigenvalue weighted by Gasteiger charge is -2.31. The second kappa shape index (κ2) is 5.66. The van der Waals surface area contributed by atoms with Crippen LogP contribution in [0.4, 0.5) is 0 Å². The zero-order valence-corrected chi connectivity index (χ0v) is 13.2. The van der Waals surface area contributed by atoms with E-state index in [0.29, 0.717) is 5.54 Å². The first kappa shape index (κ1) is 14.6. The molecule has 19 heavy (non-hydrogen) atoms. The molecule has 2 unspecified atom stereocenters. The van der Waals surface area contributed by atoms with Crippen LogP contribution in [0.5, 0.6) is 0 Å². The van der Waals surface area contributed by atoms with Gasteiger partial charge < -0.3 is 0 Å². The van der Waals surface area contributed by atoms with E-state index in [-0.39, 0.29) is 0 Å². The Bertz CT molecular complexity index is 383. The van der Waals surface area contributed by atoms with Crippen LogP contribution in [0.15, 0.2) is 24.3 Å². The number of nitrogens with zero attached hydrogens (tertiary/aromatic N) is 1. The van der Waals surface area contributed by atoms with Crippen molar-refractivity contribution in [2.45, 2.75) is 53.0 Å². The van der Waals surface area contributed by atoms with Crippen molar-refractivity contribution in [3.05, 3.63) is 35.4 Å². The monoisotopic (exact) mass is 259 g/mol. The van der Waals surface area contributed by atoms with Gasteiger partial charge in [0, 0.05) is 18.6 Å². The number of likely N-dealkylation sites (tertiary alicyclic amines) is 1. The first-order valence-corrected chi connectivity index (χ1v) is 7.86. The van der Waals surface area contributed by atoms with E-state index in [1.54, 1.807) is 11.1 Å². The van der Waals surface area contributed by atoms with E-state index in [1.165, 1.54) is 25.9 Å². The molecular weight excluding hydrogens is 230 g/mol. The smallest absolute Gasteiger partial charge is 0.0125 e. The molecular formula is C18H29N. The minimum atomic E-state index is 0.337. The fourth-order valence-corrected chi connectivity index (χ4v) is 3.47. The molecule has 1 aromatic rings. The van der Waals surface area contributed by atoms with Gasteiger partial charge >= 0.3 is 0 Å². The molecule has 1 aliphatic carbocycles. The highest BCUT2D eigenvalue weighted by atomic mass is 15.2. The first-order valence-electron chi connectivity index (χ1n) is 7.86. The van der Waals surface area contributed by atoms with Crippen LogP contribution in [0, 0.1) is 11.8 Å². The first-order chi connectivity index (χ1) is 9.04. The van der Waals surface area contributed by atoms with E-state index < -0.39 is 0 Å². The highest BCUT2D eigenvalue weighted by Crippen LogP contribution is 2.37. The van der Waals surface area contributed by atoms with Crippen molar-refractivity contribution in [2.75, 3.05) is 13.1 Å². The molecule has 1 heteroatoms. The molecule has 1 fully saturated rings. The summed E-state index contributed by atoms with van der Waals surface area (Å²) in [4.78, 5) is 2.67. The Kier molecular flexibility index (Phi) is 4.35. The topological polar surface area (TPSA) is 3.24 Å². The summed E-state index contributed by atoms with van der Waals surface area (Å²) in [5, 5.41) is 0. The van der Waals surface area contributed by atoms with Crippen LogP contribution in [0.2, 0.25) is 0 Å². The average molecular weight is 259 g/mol. The summed E-state index contributed by atoms with van der Waals surface area (Å²) in [5.41, 5.74) is 3.54. The summed E-state index contributed by atoms with van der Waals surface area (Å²) in [7, 11) is 0. The summed E-state index contributed by atoms with van der Waals surface area (Å²) < 4.78 is 0. The largest absolute Gasteiger partial charge is 0.298 e. The number of rotatable bonds is 0. The van der Waals surface area contributed by atoms with Crippen LogP contribution < -0.4 is 0 Å². The van der Waals surface area contributed by atoms with Gasteiger partial charge in [-0.1, -0.05) is 38.1 Å². The molecule has 1 aliphatic heterocycles. The number of fused-ring (bicyclic) bond motifs is 2. The van der Waals surface area contributed by atoms with E-state index >= 15 is 0 Å². The zero-order chi connectivity index (χ0) is 14.0. The van der Waals surface area contributed by atoms with Crippen LogP contribution in [0.3, 0.4) is 0 Å². The van der Waals surface area contributed by atoms with Gasteiger partial charge in [0.1, 0.15) is 0 Å². The van der Waals surface area contributed by atoms with E-state index in [0.717, 1.165) is 11.8 Å². The molecule has 0 amide bonds. The van der Waals surface area contributed by atoms with Crippen LogP contribution in [-0.4, -0.2) is 23.5 Å². The van der Waals surface area contributed by atoms with Gasteiger partial charge in [0.15, 0.2) is 0 Å². The van der Waals surface area contributed by atoms with Crippen molar-refractivity contribution in [1.29, 1.82) is 0 Å². The van der Waals surface area contributed by atoms with E-state index in [1.807, 2.05) is 13.8 Å². The summed E-state index contributed by atoms with van der Waals surface area (Å²) >= 11 is 0. The Labute approximate surface area is 119 Å². The lowest BCUT2D eigenvalue weighted by atomic mass is 9.78. The average Bonchev–Trinajstić information content (AvgIpc) is 2.81. The molecule has 1 nitrogen and oxygen atoms in total. The molecule has 0 saturated carbocycles. The predicted molar refractivity (Wildman–Crippen MR) is 83.5 cm³/mol. The minimum Gasteiger partial charge on any atom is -0.298 e. The molecule has 1 aromatic carbocycles. The zero-order valence-electron chi connectivity index (χ0n) is 13.2. The Morgan fingerprint density at radius 3 is 1.68 bits per heavy atom. The van der Waals surface area contributed by atoms with Gasteiger partial charge in [0.2, 0.25) is 0 Å². The van der Waals surface area contributed by atoms with Crippen LogP contribution in [-0.2, 0) is 12.8 Å². The molecule has 0 N–H and O–H groups in total. The van der Waals surface area contributed by atoms with Crippen LogP contribution in [0.25, 0.3) is 0 Å². The Morgan fingerprint density at radius 2 is 1.32 bits per heavy atom. The highest BCUT2D eigenvalue weighted by molar-refractivity contribution is 5.31. The fraction of sp³-hybridized carbons (Fsp3) is 0.667. The Hall–Kier alpha value is -0.820. The summed E-state index contributed by atoms with van der Waals surface area (Å²) in [6.45, 7) is 13.6. The molecule has 0 aromatic heterocycles. The Morgan fingerprint density at radius 1 is 0.895 bits per heavy atom. The maximum Gasteiger partial charge on any atom is 0.0125 e. The quantitative estimate of drug-likeness (QED) is 0.676. The van der Waals surface area contributed by atoms with E-state index in [4.69, 9.17) is 0 Å². The summed E-state index contributed by atoms with van der Waals surface area (Å²) in [5.74, 6) is 1.79. The van der Waals surface area contributed by atoms with Crippen molar-refractivity contribution in [2.24, 2.45) is 11.8 Å². The van der Waals surface area contributed by atoms with Gasteiger partial charge in [-0.05, 0) is 56.6 Å². The predicted octanol–water partition coefficient (Wildman–Crippen LogP) is 4.16. The maximum atomic E-state index is 2.67. The highest BCUT2D eigenvalue weighted by Gasteiger charge is 2.39. The molecule has 1 heterocycles. The third-order valence-electron chi connectivity index (χ3n) is 4.61. The lowest BCUT2D eigenvalue weighted by molar-refractivity contribution is 0.165. The minimum absolute atomic E-state index is 0.337. The van der Waals surface area contributed by atoms with Gasteiger partial charge in [-0.3, -0.25) is 4.90 Å². The van der Waals surface area contributed by atoms with Crippen molar-refractivity contribution in [3.8, 4) is 0 Å². The van der Waals surface area contributed by atoms with Crippen molar-refractivity contribution in [3.63, 3.8) is 0 Å². The molecule has 0 spiro atoms. The lowest BCUT2D eigenvalue weighted by Crippen LogP contribution is -2.39. The number of hydrogen-bond acceptors (Lipinski definition) is 1. The van der Waals surface area contributed by atoms with E-state index in [2.05, 4.69) is 49.9 Å². The van der Waals surface area contributed by atoms with Gasteiger partial charge in [0.25, 0.3) is 0 Å². The summed E-state index contributed by atoms with van der Waals surface area (Å²) in [6.07, 6.45) is 2.60. The second-order valence-electron chi connectivity index (χ2n) is 6.77. The van der Waals surface area contributed by atoms with Crippen molar-refractivity contribution >= 4 is 0 Å². The third-order valence-corrected chi connectivity index (χ3v) is 4.61. The summed E-state index contributed by atoms with van der Waals surface area (Å²) in [6, 6.07) is 9.03. The molecule has 106 valence electrons. The molecule has 2 aliphatic rings. The second-order valence-corrected chi connectivity index (χ2v) is 6.77. The maximum absolute atomic E-state index is 2.67. The number of benzene rings is 1. The van der Waals surface area contributed by atoms with Gasteiger partial charge in [-0.2, -0.15) is 0 Å². The van der Waals surface area contributed by atoms with Gasteiger partial charge in [-0.25, -0.2) is 0 Å². The van der Waals surface area contributed by atoms with Gasteiger partial charge in [-0.15, -0.1) is 0 Å². The Balaban J connectivity index is 0.000000637. The van der Waals surface area contributed by atoms with Crippen molar-refractivity contribution < 1.29 is 0 Å². The number of hydrogen-bond donors (Lipinski definition) is 0. The molecule has 3 rings (SSSR count). The van der Waals surface area contributed by atoms with Crippen LogP contribution in [0.1, 0.15) is 45.7 Å².